The number of aliphatic hydroxyl groups is 4. The van der Waals surface area contributed by atoms with E-state index in [1.807, 2.05) is 12.1 Å². The fraction of sp³-hybridized carbons (Fsp3) is 0.474. The third-order valence-corrected chi connectivity index (χ3v) is 5.81. The van der Waals surface area contributed by atoms with Gasteiger partial charge in [-0.2, -0.15) is 0 Å². The lowest BCUT2D eigenvalue weighted by atomic mass is 9.94. The van der Waals surface area contributed by atoms with Crippen LogP contribution in [-0.4, -0.2) is 51.4 Å². The summed E-state index contributed by atoms with van der Waals surface area (Å²) in [5.74, 6) is 0. The maximum atomic E-state index is 10.2. The van der Waals surface area contributed by atoms with E-state index in [2.05, 4.69) is 31.2 Å². The molecule has 0 radical (unpaired) electrons. The van der Waals surface area contributed by atoms with Crippen LogP contribution in [0.2, 0.25) is 0 Å². The summed E-state index contributed by atoms with van der Waals surface area (Å²) >= 11 is 1.50. The van der Waals surface area contributed by atoms with Gasteiger partial charge >= 0.3 is 0 Å². The lowest BCUT2D eigenvalue weighted by molar-refractivity contribution is -0.230. The van der Waals surface area contributed by atoms with Gasteiger partial charge in [0.25, 0.3) is 0 Å². The summed E-state index contributed by atoms with van der Waals surface area (Å²) in [7, 11) is 0. The van der Waals surface area contributed by atoms with Crippen LogP contribution in [0.4, 0.5) is 0 Å². The van der Waals surface area contributed by atoms with Crippen molar-refractivity contribution < 1.29 is 25.2 Å². The van der Waals surface area contributed by atoms with Crippen molar-refractivity contribution in [2.75, 3.05) is 6.61 Å². The van der Waals surface area contributed by atoms with Crippen LogP contribution in [-0.2, 0) is 17.6 Å². The van der Waals surface area contributed by atoms with Gasteiger partial charge in [0.05, 0.1) is 6.61 Å². The van der Waals surface area contributed by atoms with Crippen molar-refractivity contribution in [1.29, 1.82) is 0 Å². The number of aliphatic hydroxyl groups excluding tert-OH is 4. The van der Waals surface area contributed by atoms with Crippen LogP contribution in [0, 0.1) is 0 Å². The van der Waals surface area contributed by atoms with Crippen LogP contribution in [0.3, 0.4) is 0 Å². The van der Waals surface area contributed by atoms with Gasteiger partial charge in [0, 0.05) is 16.2 Å². The molecule has 1 aliphatic heterocycles. The first-order valence-corrected chi connectivity index (χ1v) is 9.32. The molecule has 0 amide bonds. The molecule has 2 heterocycles. The Labute approximate surface area is 151 Å². The maximum Gasteiger partial charge on any atom is 0.121 e. The van der Waals surface area contributed by atoms with Gasteiger partial charge in [-0.1, -0.05) is 31.2 Å². The van der Waals surface area contributed by atoms with E-state index in [1.54, 1.807) is 0 Å². The Balaban J connectivity index is 1.73. The summed E-state index contributed by atoms with van der Waals surface area (Å²) in [6.45, 7) is 1.71. The average Bonchev–Trinajstić information content (AvgIpc) is 3.09. The van der Waals surface area contributed by atoms with Gasteiger partial charge in [-0.3, -0.25) is 0 Å². The molecule has 5 nitrogen and oxygen atoms in total. The highest BCUT2D eigenvalue weighted by atomic mass is 32.1. The number of thiophene rings is 1. The zero-order chi connectivity index (χ0) is 18.0. The van der Waals surface area contributed by atoms with Gasteiger partial charge in [0.15, 0.2) is 0 Å². The van der Waals surface area contributed by atoms with Gasteiger partial charge in [0.1, 0.15) is 30.5 Å². The van der Waals surface area contributed by atoms with Crippen LogP contribution in [0.1, 0.15) is 33.9 Å². The first-order chi connectivity index (χ1) is 12.0. The predicted molar refractivity (Wildman–Crippen MR) is 95.7 cm³/mol. The normalized spacial score (nSPS) is 29.7. The highest BCUT2D eigenvalue weighted by Gasteiger charge is 2.44. The number of benzene rings is 1. The molecule has 1 aromatic heterocycles. The highest BCUT2D eigenvalue weighted by molar-refractivity contribution is 7.12. The molecule has 2 unspecified atom stereocenters. The lowest BCUT2D eigenvalue weighted by Crippen LogP contribution is -2.55. The summed E-state index contributed by atoms with van der Waals surface area (Å²) in [4.78, 5) is 1.90. The smallest absolute Gasteiger partial charge is 0.121 e. The minimum absolute atomic E-state index is 0.413. The van der Waals surface area contributed by atoms with Crippen molar-refractivity contribution in [1.82, 2.24) is 0 Å². The van der Waals surface area contributed by atoms with Crippen LogP contribution in [0.25, 0.3) is 0 Å². The van der Waals surface area contributed by atoms with Crippen LogP contribution in [0.15, 0.2) is 36.4 Å². The summed E-state index contributed by atoms with van der Waals surface area (Å²) < 4.78 is 5.61. The average molecular weight is 364 g/mol. The van der Waals surface area contributed by atoms with Gasteiger partial charge < -0.3 is 25.2 Å². The number of hydrogen-bond acceptors (Lipinski definition) is 6. The van der Waals surface area contributed by atoms with Crippen molar-refractivity contribution in [3.8, 4) is 0 Å². The second-order valence-corrected chi connectivity index (χ2v) is 7.60. The second-order valence-electron chi connectivity index (χ2n) is 6.40. The minimum Gasteiger partial charge on any atom is -0.394 e. The standard InChI is InChI=1S/C19H24O5S/c1-2-11-3-5-12(6-4-11)9-13-7-8-15(25-13)19-18(23)17(22)16(21)14(10-20)24-19/h3-8,14,16-23H,2,9-10H2,1H3/t14-,16?,17?,18-,19+/m1/s1. The zero-order valence-electron chi connectivity index (χ0n) is 14.1. The van der Waals surface area contributed by atoms with Gasteiger partial charge in [-0.25, -0.2) is 0 Å². The van der Waals surface area contributed by atoms with E-state index in [0.717, 1.165) is 22.6 Å². The summed E-state index contributed by atoms with van der Waals surface area (Å²) in [5, 5.41) is 39.3. The molecule has 4 N–H and O–H groups in total. The molecular formula is C19H24O5S. The molecule has 0 bridgehead atoms. The van der Waals surface area contributed by atoms with Crippen molar-refractivity contribution in [2.24, 2.45) is 0 Å². The molecule has 25 heavy (non-hydrogen) atoms. The maximum absolute atomic E-state index is 10.2. The van der Waals surface area contributed by atoms with Gasteiger partial charge in [0.2, 0.25) is 0 Å². The third-order valence-electron chi connectivity index (χ3n) is 4.66. The highest BCUT2D eigenvalue weighted by Crippen LogP contribution is 2.36. The minimum atomic E-state index is -1.34. The first-order valence-electron chi connectivity index (χ1n) is 8.50. The molecule has 3 rings (SSSR count). The number of hydrogen-bond donors (Lipinski definition) is 4. The van der Waals surface area contributed by atoms with Crippen LogP contribution in [0.5, 0.6) is 0 Å². The molecule has 0 saturated carbocycles. The number of rotatable bonds is 5. The zero-order valence-corrected chi connectivity index (χ0v) is 14.9. The molecular weight excluding hydrogens is 340 g/mol. The summed E-state index contributed by atoms with van der Waals surface area (Å²) in [6.07, 6.45) is -3.73. The molecule has 1 aromatic carbocycles. The van der Waals surface area contributed by atoms with Crippen LogP contribution >= 0.6 is 11.3 Å². The Morgan fingerprint density at radius 3 is 2.24 bits per heavy atom. The molecule has 1 fully saturated rings. The molecule has 5 atom stereocenters. The Morgan fingerprint density at radius 1 is 0.920 bits per heavy atom. The van der Waals surface area contributed by atoms with E-state index >= 15 is 0 Å². The Bertz CT molecular complexity index is 681. The van der Waals surface area contributed by atoms with Crippen LogP contribution < -0.4 is 0 Å². The van der Waals surface area contributed by atoms with E-state index in [4.69, 9.17) is 4.74 Å². The fourth-order valence-corrected chi connectivity index (χ4v) is 4.20. The first kappa shape index (κ1) is 18.5. The monoisotopic (exact) mass is 364 g/mol. The van der Waals surface area contributed by atoms with E-state index in [-0.39, 0.29) is 0 Å². The third kappa shape index (κ3) is 3.95. The second kappa shape index (κ2) is 7.95. The summed E-state index contributed by atoms with van der Waals surface area (Å²) in [6, 6.07) is 12.3. The van der Waals surface area contributed by atoms with E-state index in [9.17, 15) is 20.4 Å². The summed E-state index contributed by atoms with van der Waals surface area (Å²) in [5.41, 5.74) is 2.51. The molecule has 6 heteroatoms. The van der Waals surface area contributed by atoms with E-state index in [1.165, 1.54) is 22.5 Å². The number of ether oxygens (including phenoxy) is 1. The predicted octanol–water partition coefficient (Wildman–Crippen LogP) is 1.42. The largest absolute Gasteiger partial charge is 0.394 e. The van der Waals surface area contributed by atoms with E-state index in [0.29, 0.717) is 0 Å². The lowest BCUT2D eigenvalue weighted by Gasteiger charge is -2.39. The van der Waals surface area contributed by atoms with Crippen molar-refractivity contribution in [3.05, 3.63) is 57.3 Å². The van der Waals surface area contributed by atoms with Gasteiger partial charge in [-0.05, 0) is 29.7 Å². The molecule has 1 saturated heterocycles. The fourth-order valence-electron chi connectivity index (χ4n) is 3.07. The van der Waals surface area contributed by atoms with Crippen molar-refractivity contribution in [2.45, 2.75) is 50.3 Å². The Morgan fingerprint density at radius 2 is 1.60 bits per heavy atom. The van der Waals surface area contributed by atoms with Gasteiger partial charge in [-0.15, -0.1) is 11.3 Å². The van der Waals surface area contributed by atoms with Crippen molar-refractivity contribution >= 4 is 11.3 Å². The SMILES string of the molecule is CCc1ccc(Cc2ccc([C@@H]3O[C@H](CO)C(O)C(O)[C@H]3O)s2)cc1. The molecule has 136 valence electrons. The topological polar surface area (TPSA) is 90.2 Å². The Hall–Kier alpha value is -1.28. The number of aryl methyl sites for hydroxylation is 1. The molecule has 0 aliphatic carbocycles. The molecule has 2 aromatic rings. The quantitative estimate of drug-likeness (QED) is 0.644. The Kier molecular flexibility index (Phi) is 5.89. The molecule has 0 spiro atoms. The van der Waals surface area contributed by atoms with E-state index < -0.39 is 37.1 Å². The molecule has 1 aliphatic rings. The van der Waals surface area contributed by atoms with Crippen molar-refractivity contribution in [3.63, 3.8) is 0 Å².